The van der Waals surface area contributed by atoms with Gasteiger partial charge in [-0.25, -0.2) is 8.42 Å². The lowest BCUT2D eigenvalue weighted by molar-refractivity contribution is -0.0498. The van der Waals surface area contributed by atoms with Crippen LogP contribution < -0.4 is 10.1 Å². The molecule has 0 spiro atoms. The Kier molecular flexibility index (Phi) is 6.49. The van der Waals surface area contributed by atoms with Gasteiger partial charge in [-0.3, -0.25) is 4.79 Å². The predicted octanol–water partition coefficient (Wildman–Crippen LogP) is 3.96. The van der Waals surface area contributed by atoms with E-state index >= 15 is 0 Å². The highest BCUT2D eigenvalue weighted by molar-refractivity contribution is 7.89. The van der Waals surface area contributed by atoms with Crippen LogP contribution in [0.4, 0.5) is 14.5 Å². The van der Waals surface area contributed by atoms with Crippen molar-refractivity contribution >= 4 is 21.6 Å². The molecule has 1 fully saturated rings. The number of benzene rings is 2. The molecule has 0 bridgehead atoms. The third-order valence-electron chi connectivity index (χ3n) is 4.83. The maximum absolute atomic E-state index is 12.7. The summed E-state index contributed by atoms with van der Waals surface area (Å²) in [4.78, 5) is 12.5. The summed E-state index contributed by atoms with van der Waals surface area (Å²) in [5.41, 5.74) is 0.680. The third-order valence-corrected chi connectivity index (χ3v) is 6.75. The van der Waals surface area contributed by atoms with Gasteiger partial charge in [-0.2, -0.15) is 13.1 Å². The van der Waals surface area contributed by atoms with Crippen LogP contribution >= 0.6 is 0 Å². The molecule has 0 unspecified atom stereocenters. The largest absolute Gasteiger partial charge is 0.435 e. The minimum absolute atomic E-state index is 0.0433. The van der Waals surface area contributed by atoms with Gasteiger partial charge in [0.25, 0.3) is 5.91 Å². The number of alkyl halides is 2. The molecule has 9 heteroatoms. The van der Waals surface area contributed by atoms with Gasteiger partial charge in [0, 0.05) is 24.3 Å². The maximum Gasteiger partial charge on any atom is 0.387 e. The summed E-state index contributed by atoms with van der Waals surface area (Å²) in [6, 6.07) is 11.2. The Labute approximate surface area is 168 Å². The topological polar surface area (TPSA) is 75.7 Å². The van der Waals surface area contributed by atoms with Crippen LogP contribution in [0.2, 0.25) is 0 Å². The van der Waals surface area contributed by atoms with Crippen molar-refractivity contribution in [3.05, 3.63) is 54.1 Å². The Balaban J connectivity index is 1.65. The van der Waals surface area contributed by atoms with E-state index in [9.17, 15) is 22.0 Å². The summed E-state index contributed by atoms with van der Waals surface area (Å²) in [6.45, 7) is 0.194. The molecule has 0 radical (unpaired) electrons. The molecule has 3 rings (SSSR count). The molecule has 0 aliphatic carbocycles. The number of ether oxygens (including phenoxy) is 1. The molecule has 0 atom stereocenters. The van der Waals surface area contributed by atoms with Crippen molar-refractivity contribution in [3.63, 3.8) is 0 Å². The first kappa shape index (κ1) is 21.2. The molecule has 6 nitrogen and oxygen atoms in total. The van der Waals surface area contributed by atoms with E-state index in [1.807, 2.05) is 0 Å². The quantitative estimate of drug-likeness (QED) is 0.762. The van der Waals surface area contributed by atoms with Crippen molar-refractivity contribution in [1.82, 2.24) is 4.31 Å². The normalized spacial score (nSPS) is 16.0. The van der Waals surface area contributed by atoms with E-state index in [1.54, 1.807) is 0 Å². The van der Waals surface area contributed by atoms with Gasteiger partial charge in [0.1, 0.15) is 5.75 Å². The number of anilines is 1. The van der Waals surface area contributed by atoms with Crippen molar-refractivity contribution in [2.45, 2.75) is 31.3 Å². The van der Waals surface area contributed by atoms with Crippen LogP contribution in [0.3, 0.4) is 0 Å². The number of hydrogen-bond acceptors (Lipinski definition) is 4. The lowest BCUT2D eigenvalue weighted by Crippen LogP contribution is -2.37. The minimum atomic E-state index is -3.55. The highest BCUT2D eigenvalue weighted by atomic mass is 32.2. The van der Waals surface area contributed by atoms with Gasteiger partial charge in [0.2, 0.25) is 10.0 Å². The second-order valence-corrected chi connectivity index (χ2v) is 8.91. The van der Waals surface area contributed by atoms with E-state index in [0.29, 0.717) is 24.7 Å². The number of rotatable bonds is 6. The number of amides is 1. The first-order valence-electron chi connectivity index (χ1n) is 9.22. The van der Waals surface area contributed by atoms with Crippen LogP contribution in [0.15, 0.2) is 53.4 Å². The molecule has 1 N–H and O–H groups in total. The van der Waals surface area contributed by atoms with Crippen molar-refractivity contribution in [3.8, 4) is 5.75 Å². The van der Waals surface area contributed by atoms with Crippen molar-refractivity contribution in [2.75, 3.05) is 18.4 Å². The molecule has 1 aliphatic heterocycles. The zero-order valence-corrected chi connectivity index (χ0v) is 16.7. The van der Waals surface area contributed by atoms with Crippen molar-refractivity contribution in [1.29, 1.82) is 0 Å². The van der Waals surface area contributed by atoms with Gasteiger partial charge >= 0.3 is 6.61 Å². The third kappa shape index (κ3) is 5.30. The average molecular weight is 424 g/mol. The summed E-state index contributed by atoms with van der Waals surface area (Å²) in [6.07, 6.45) is 1.68. The van der Waals surface area contributed by atoms with Crippen LogP contribution in [-0.4, -0.2) is 38.3 Å². The standard InChI is InChI=1S/C20H22F2N2O4S/c1-14-10-12-24(13-11-14)29(26,27)18-8-4-16(5-9-18)23-19(25)15-2-6-17(7-3-15)28-20(21)22/h2-9,14,20H,10-13H2,1H3,(H,23,25). The minimum Gasteiger partial charge on any atom is -0.435 e. The molecule has 1 aliphatic rings. The summed E-state index contributed by atoms with van der Waals surface area (Å²) >= 11 is 0. The molecular weight excluding hydrogens is 402 g/mol. The zero-order chi connectivity index (χ0) is 21.0. The number of hydrogen-bond donors (Lipinski definition) is 1. The first-order valence-corrected chi connectivity index (χ1v) is 10.7. The molecule has 2 aromatic rings. The van der Waals surface area contributed by atoms with Gasteiger partial charge in [0.05, 0.1) is 4.90 Å². The Morgan fingerprint density at radius 1 is 1.07 bits per heavy atom. The monoisotopic (exact) mass is 424 g/mol. The summed E-state index contributed by atoms with van der Waals surface area (Å²) in [7, 11) is -3.55. The van der Waals surface area contributed by atoms with Crippen LogP contribution in [0.1, 0.15) is 30.1 Å². The molecule has 0 saturated carbocycles. The summed E-state index contributed by atoms with van der Waals surface area (Å²) in [5, 5.41) is 2.65. The molecule has 1 heterocycles. The number of nitrogens with one attached hydrogen (secondary N) is 1. The van der Waals surface area contributed by atoms with E-state index in [1.165, 1.54) is 52.8 Å². The molecule has 29 heavy (non-hydrogen) atoms. The predicted molar refractivity (Wildman–Crippen MR) is 105 cm³/mol. The van der Waals surface area contributed by atoms with E-state index in [4.69, 9.17) is 0 Å². The molecule has 2 aromatic carbocycles. The molecule has 1 amide bonds. The second-order valence-electron chi connectivity index (χ2n) is 6.97. The number of nitrogens with zero attached hydrogens (tertiary/aromatic N) is 1. The van der Waals surface area contributed by atoms with E-state index < -0.39 is 22.5 Å². The lowest BCUT2D eigenvalue weighted by Gasteiger charge is -2.29. The summed E-state index contributed by atoms with van der Waals surface area (Å²) in [5.74, 6) is 0.0301. The van der Waals surface area contributed by atoms with Crippen LogP contribution in [-0.2, 0) is 10.0 Å². The zero-order valence-electron chi connectivity index (χ0n) is 15.8. The van der Waals surface area contributed by atoms with Gasteiger partial charge in [-0.15, -0.1) is 0 Å². The van der Waals surface area contributed by atoms with Crippen molar-refractivity contribution < 1.29 is 26.7 Å². The number of carbonyl (C=O) groups excluding carboxylic acids is 1. The second kappa shape index (κ2) is 8.87. The fourth-order valence-corrected chi connectivity index (χ4v) is 4.55. The van der Waals surface area contributed by atoms with E-state index in [0.717, 1.165) is 12.8 Å². The van der Waals surface area contributed by atoms with Crippen molar-refractivity contribution in [2.24, 2.45) is 5.92 Å². The van der Waals surface area contributed by atoms with Crippen LogP contribution in [0.5, 0.6) is 5.75 Å². The fraction of sp³-hybridized carbons (Fsp3) is 0.350. The fourth-order valence-electron chi connectivity index (χ4n) is 3.08. The SMILES string of the molecule is CC1CCN(S(=O)(=O)c2ccc(NC(=O)c3ccc(OC(F)F)cc3)cc2)CC1. The summed E-state index contributed by atoms with van der Waals surface area (Å²) < 4.78 is 55.5. The molecular formula is C20H22F2N2O4S. The number of piperidine rings is 1. The Morgan fingerprint density at radius 2 is 1.66 bits per heavy atom. The lowest BCUT2D eigenvalue weighted by atomic mass is 10.0. The molecule has 1 saturated heterocycles. The Bertz CT molecular complexity index is 939. The van der Waals surface area contributed by atoms with Gasteiger partial charge in [-0.05, 0) is 67.3 Å². The van der Waals surface area contributed by atoms with Gasteiger partial charge in [0.15, 0.2) is 0 Å². The maximum atomic E-state index is 12.7. The van der Waals surface area contributed by atoms with E-state index in [-0.39, 0.29) is 16.2 Å². The number of sulfonamides is 1. The average Bonchev–Trinajstić information content (AvgIpc) is 2.69. The van der Waals surface area contributed by atoms with Gasteiger partial charge < -0.3 is 10.1 Å². The first-order chi connectivity index (χ1) is 13.8. The Hall–Kier alpha value is -2.52. The highest BCUT2D eigenvalue weighted by Crippen LogP contribution is 2.24. The van der Waals surface area contributed by atoms with Crippen LogP contribution in [0, 0.1) is 5.92 Å². The Morgan fingerprint density at radius 3 is 2.21 bits per heavy atom. The number of carbonyl (C=O) groups is 1. The van der Waals surface area contributed by atoms with Crippen LogP contribution in [0.25, 0.3) is 0 Å². The molecule has 156 valence electrons. The van der Waals surface area contributed by atoms with Gasteiger partial charge in [-0.1, -0.05) is 6.92 Å². The number of halogens is 2. The molecule has 0 aromatic heterocycles. The smallest absolute Gasteiger partial charge is 0.387 e. The van der Waals surface area contributed by atoms with E-state index in [2.05, 4.69) is 17.0 Å². The highest BCUT2D eigenvalue weighted by Gasteiger charge is 2.27.